The number of fused-ring (bicyclic) bond motifs is 1. The van der Waals surface area contributed by atoms with Gasteiger partial charge in [-0.05, 0) is 47.4 Å². The number of amides is 2. The van der Waals surface area contributed by atoms with E-state index in [2.05, 4.69) is 5.32 Å². The van der Waals surface area contributed by atoms with Crippen LogP contribution < -0.4 is 15.2 Å². The Balaban J connectivity index is 1.82. The molecule has 2 aromatic rings. The summed E-state index contributed by atoms with van der Waals surface area (Å²) in [6.45, 7) is 0.0600. The fourth-order valence-corrected chi connectivity index (χ4v) is 4.74. The van der Waals surface area contributed by atoms with Gasteiger partial charge < -0.3 is 10.2 Å². The molecule has 0 aliphatic carbocycles. The van der Waals surface area contributed by atoms with Crippen molar-refractivity contribution >= 4 is 37.8 Å². The highest BCUT2D eigenvalue weighted by molar-refractivity contribution is 7.89. The van der Waals surface area contributed by atoms with Gasteiger partial charge in [-0.15, -0.1) is 0 Å². The number of hydrogen-bond acceptors (Lipinski definition) is 6. The lowest BCUT2D eigenvalue weighted by molar-refractivity contribution is -0.141. The lowest BCUT2D eigenvalue weighted by Gasteiger charge is -2.36. The van der Waals surface area contributed by atoms with E-state index in [4.69, 9.17) is 9.69 Å². The van der Waals surface area contributed by atoms with Crippen molar-refractivity contribution in [3.05, 3.63) is 59.2 Å². The van der Waals surface area contributed by atoms with E-state index in [9.17, 15) is 26.4 Å². The standard InChI is InChI=1S/C20H24N4O7S2/c1-22-20(26)18-11-14-6-7-16(23-33(29,30)31)10-15(14)12-24(18)19(25)8-5-13-3-2-4-17(9-13)32(21,27)28/h2-4,6-7,9-10,18,23H,5,8,11-12H2,1H3,(H,22,26)(H2,21,27,28)(H,29,30,31)/t18-/m0/s1. The molecule has 0 fully saturated rings. The predicted molar refractivity (Wildman–Crippen MR) is 120 cm³/mol. The van der Waals surface area contributed by atoms with Crippen LogP contribution in [0.25, 0.3) is 0 Å². The Morgan fingerprint density at radius 2 is 1.85 bits per heavy atom. The maximum atomic E-state index is 13.1. The molecule has 0 unspecified atom stereocenters. The number of primary sulfonamides is 1. The van der Waals surface area contributed by atoms with E-state index in [0.717, 1.165) is 5.56 Å². The highest BCUT2D eigenvalue weighted by Crippen LogP contribution is 2.27. The number of sulfonamides is 1. The molecule has 1 aliphatic heterocycles. The third-order valence-corrected chi connectivity index (χ3v) is 6.71. The van der Waals surface area contributed by atoms with Crippen molar-refractivity contribution in [3.8, 4) is 0 Å². The van der Waals surface area contributed by atoms with Gasteiger partial charge in [-0.2, -0.15) is 8.42 Å². The molecule has 11 nitrogen and oxygen atoms in total. The van der Waals surface area contributed by atoms with Crippen LogP contribution in [0, 0.1) is 0 Å². The Hall–Kier alpha value is -3.00. The summed E-state index contributed by atoms with van der Waals surface area (Å²) in [5, 5.41) is 7.71. The molecule has 0 bridgehead atoms. The normalized spacial score (nSPS) is 16.1. The van der Waals surface area contributed by atoms with Gasteiger partial charge in [-0.25, -0.2) is 13.6 Å². The number of carbonyl (C=O) groups excluding carboxylic acids is 2. The minimum Gasteiger partial charge on any atom is -0.357 e. The van der Waals surface area contributed by atoms with Gasteiger partial charge in [0, 0.05) is 26.4 Å². The van der Waals surface area contributed by atoms with E-state index >= 15 is 0 Å². The van der Waals surface area contributed by atoms with Gasteiger partial charge in [0.15, 0.2) is 0 Å². The number of anilines is 1. The van der Waals surface area contributed by atoms with Crippen LogP contribution in [0.3, 0.4) is 0 Å². The maximum Gasteiger partial charge on any atom is 0.357 e. The number of nitrogens with two attached hydrogens (primary N) is 1. The van der Waals surface area contributed by atoms with Crippen LogP contribution in [0.1, 0.15) is 23.1 Å². The fraction of sp³-hybridized carbons (Fsp3) is 0.300. The average molecular weight is 497 g/mol. The first-order chi connectivity index (χ1) is 15.4. The topological polar surface area (TPSA) is 176 Å². The molecular weight excluding hydrogens is 472 g/mol. The second-order valence-electron chi connectivity index (χ2n) is 7.61. The largest absolute Gasteiger partial charge is 0.357 e. The number of rotatable bonds is 7. The number of nitrogens with zero attached hydrogens (tertiary/aromatic N) is 1. The Labute approximate surface area is 191 Å². The van der Waals surface area contributed by atoms with Gasteiger partial charge in [-0.1, -0.05) is 18.2 Å². The summed E-state index contributed by atoms with van der Waals surface area (Å²) in [5.41, 5.74) is 2.13. The van der Waals surface area contributed by atoms with Crippen molar-refractivity contribution in [1.29, 1.82) is 0 Å². The molecule has 0 radical (unpaired) electrons. The first-order valence-electron chi connectivity index (χ1n) is 9.87. The first kappa shape index (κ1) is 24.6. The van der Waals surface area contributed by atoms with E-state index in [-0.39, 0.29) is 48.2 Å². The van der Waals surface area contributed by atoms with Crippen LogP contribution in [-0.2, 0) is 49.3 Å². The Bertz CT molecular complexity index is 1290. The summed E-state index contributed by atoms with van der Waals surface area (Å²) < 4.78 is 56.3. The molecule has 0 aromatic heterocycles. The molecular formula is C20H24N4O7S2. The zero-order valence-electron chi connectivity index (χ0n) is 17.7. The molecule has 2 amide bonds. The first-order valence-corrected chi connectivity index (χ1v) is 12.9. The smallest absolute Gasteiger partial charge is 0.357 e. The van der Waals surface area contributed by atoms with E-state index in [1.807, 2.05) is 4.72 Å². The van der Waals surface area contributed by atoms with Gasteiger partial charge >= 0.3 is 10.3 Å². The number of hydrogen-bond donors (Lipinski definition) is 4. The van der Waals surface area contributed by atoms with Gasteiger partial charge in [0.2, 0.25) is 21.8 Å². The zero-order chi connectivity index (χ0) is 24.4. The minimum atomic E-state index is -4.46. The van der Waals surface area contributed by atoms with Crippen molar-refractivity contribution < 1.29 is 31.0 Å². The van der Waals surface area contributed by atoms with E-state index in [1.54, 1.807) is 12.1 Å². The molecule has 2 aromatic carbocycles. The Morgan fingerprint density at radius 3 is 2.48 bits per heavy atom. The van der Waals surface area contributed by atoms with Crippen molar-refractivity contribution in [2.24, 2.45) is 5.14 Å². The second kappa shape index (κ2) is 9.47. The third kappa shape index (κ3) is 6.28. The lowest BCUT2D eigenvalue weighted by Crippen LogP contribution is -2.52. The average Bonchev–Trinajstić information content (AvgIpc) is 2.74. The maximum absolute atomic E-state index is 13.1. The minimum absolute atomic E-state index is 0.0137. The molecule has 0 saturated carbocycles. The molecule has 1 heterocycles. The van der Waals surface area contributed by atoms with Crippen molar-refractivity contribution in [1.82, 2.24) is 10.2 Å². The zero-order valence-corrected chi connectivity index (χ0v) is 19.3. The molecule has 13 heteroatoms. The summed E-state index contributed by atoms with van der Waals surface area (Å²) in [6.07, 6.45) is 0.476. The number of benzene rings is 2. The number of carbonyl (C=O) groups is 2. The molecule has 33 heavy (non-hydrogen) atoms. The second-order valence-corrected chi connectivity index (χ2v) is 10.3. The number of nitrogens with one attached hydrogen (secondary N) is 2. The van der Waals surface area contributed by atoms with Crippen LogP contribution in [0.2, 0.25) is 0 Å². The highest BCUT2D eigenvalue weighted by Gasteiger charge is 2.34. The monoisotopic (exact) mass is 496 g/mol. The van der Waals surface area contributed by atoms with Crippen molar-refractivity contribution in [3.63, 3.8) is 0 Å². The summed E-state index contributed by atoms with van der Waals surface area (Å²) in [5.74, 6) is -0.672. The third-order valence-electron chi connectivity index (χ3n) is 5.31. The van der Waals surface area contributed by atoms with Crippen molar-refractivity contribution in [2.45, 2.75) is 36.7 Å². The fourth-order valence-electron chi connectivity index (χ4n) is 3.73. The SMILES string of the molecule is CNC(=O)[C@@H]1Cc2ccc(NS(=O)(=O)O)cc2CN1C(=O)CCc1cccc(S(N)(=O)=O)c1. The summed E-state index contributed by atoms with van der Waals surface area (Å²) in [7, 11) is -6.86. The van der Waals surface area contributed by atoms with Crippen LogP contribution in [0.5, 0.6) is 0 Å². The van der Waals surface area contributed by atoms with Gasteiger partial charge in [0.25, 0.3) is 0 Å². The van der Waals surface area contributed by atoms with Crippen LogP contribution in [0.4, 0.5) is 5.69 Å². The molecule has 1 atom stereocenters. The van der Waals surface area contributed by atoms with E-state index in [0.29, 0.717) is 11.1 Å². The Kier molecular flexibility index (Phi) is 7.07. The van der Waals surface area contributed by atoms with Crippen molar-refractivity contribution in [2.75, 3.05) is 11.8 Å². The predicted octanol–water partition coefficient (Wildman–Crippen LogP) is 0.181. The van der Waals surface area contributed by atoms with Crippen LogP contribution >= 0.6 is 0 Å². The number of aryl methyl sites for hydroxylation is 1. The van der Waals surface area contributed by atoms with Crippen LogP contribution in [-0.4, -0.2) is 51.2 Å². The summed E-state index contributed by atoms with van der Waals surface area (Å²) >= 11 is 0. The van der Waals surface area contributed by atoms with Gasteiger partial charge in [-0.3, -0.25) is 18.9 Å². The lowest BCUT2D eigenvalue weighted by atomic mass is 9.92. The summed E-state index contributed by atoms with van der Waals surface area (Å²) in [4.78, 5) is 26.9. The molecule has 0 saturated heterocycles. The van der Waals surface area contributed by atoms with Gasteiger partial charge in [0.1, 0.15) is 6.04 Å². The quantitative estimate of drug-likeness (QED) is 0.395. The molecule has 3 rings (SSSR count). The molecule has 0 spiro atoms. The van der Waals surface area contributed by atoms with Crippen LogP contribution in [0.15, 0.2) is 47.4 Å². The number of likely N-dealkylation sites (N-methyl/N-ethyl adjacent to an activating group) is 1. The molecule has 1 aliphatic rings. The molecule has 5 N–H and O–H groups in total. The van der Waals surface area contributed by atoms with Gasteiger partial charge in [0.05, 0.1) is 10.6 Å². The van der Waals surface area contributed by atoms with E-state index < -0.39 is 26.4 Å². The summed E-state index contributed by atoms with van der Waals surface area (Å²) in [6, 6.07) is 9.82. The highest BCUT2D eigenvalue weighted by atomic mass is 32.2. The molecule has 178 valence electrons. The Morgan fingerprint density at radius 1 is 1.12 bits per heavy atom. The van der Waals surface area contributed by atoms with E-state index in [1.165, 1.54) is 42.3 Å².